The lowest BCUT2D eigenvalue weighted by Crippen LogP contribution is -2.27. The molecule has 0 spiro atoms. The zero-order valence-electron chi connectivity index (χ0n) is 16.8. The molecular weight excluding hydrogens is 382 g/mol. The van der Waals surface area contributed by atoms with E-state index < -0.39 is 6.03 Å². The van der Waals surface area contributed by atoms with E-state index in [1.54, 1.807) is 18.3 Å². The van der Waals surface area contributed by atoms with Gasteiger partial charge in [-0.05, 0) is 42.3 Å². The number of carbonyl (C=O) groups is 1. The van der Waals surface area contributed by atoms with Gasteiger partial charge in [-0.15, -0.1) is 0 Å². The molecule has 0 aliphatic rings. The fraction of sp³-hybridized carbons (Fsp3) is 0.182. The van der Waals surface area contributed by atoms with E-state index in [9.17, 15) is 4.79 Å². The van der Waals surface area contributed by atoms with Crippen molar-refractivity contribution < 1.29 is 14.3 Å². The van der Waals surface area contributed by atoms with Crippen molar-refractivity contribution in [2.75, 3.05) is 12.4 Å². The van der Waals surface area contributed by atoms with Gasteiger partial charge in [0.1, 0.15) is 19.0 Å². The van der Waals surface area contributed by atoms with E-state index in [4.69, 9.17) is 15.0 Å². The third-order valence-electron chi connectivity index (χ3n) is 4.40. The molecule has 2 aromatic carbocycles. The van der Waals surface area contributed by atoms with E-state index in [0.717, 1.165) is 21.7 Å². The van der Waals surface area contributed by atoms with E-state index in [0.29, 0.717) is 23.9 Å². The van der Waals surface area contributed by atoms with Crippen molar-refractivity contribution in [3.8, 4) is 11.6 Å². The number of nitrogens with one attached hydrogen (secondary N) is 2. The maximum atomic E-state index is 12.1. The second-order valence-corrected chi connectivity index (χ2v) is 6.55. The maximum Gasteiger partial charge on any atom is 0.343 e. The topological polar surface area (TPSA) is 99.9 Å². The van der Waals surface area contributed by atoms with Gasteiger partial charge < -0.3 is 14.8 Å². The Morgan fingerprint density at radius 3 is 2.70 bits per heavy atom. The van der Waals surface area contributed by atoms with E-state index in [2.05, 4.69) is 15.5 Å². The van der Waals surface area contributed by atoms with Crippen LogP contribution in [0.25, 0.3) is 0 Å². The number of hydrogen-bond donors (Lipinski definition) is 2. The number of ether oxygens (including phenoxy) is 2. The fourth-order valence-corrected chi connectivity index (χ4v) is 2.72. The molecule has 0 atom stereocenters. The molecule has 0 aliphatic carbocycles. The first-order valence-corrected chi connectivity index (χ1v) is 9.33. The van der Waals surface area contributed by atoms with Crippen LogP contribution in [0, 0.1) is 12.5 Å². The number of carbonyl (C=O) groups excluding carboxylic acids is 1. The highest BCUT2D eigenvalue weighted by Crippen LogP contribution is 2.23. The van der Waals surface area contributed by atoms with Crippen molar-refractivity contribution in [3.63, 3.8) is 0 Å². The number of rotatable bonds is 8. The summed E-state index contributed by atoms with van der Waals surface area (Å²) in [7, 11) is 1.41. The van der Waals surface area contributed by atoms with E-state index in [-0.39, 0.29) is 6.61 Å². The summed E-state index contributed by atoms with van der Waals surface area (Å²) in [5, 5.41) is 6.77. The molecule has 3 aromatic rings. The Morgan fingerprint density at radius 2 is 1.93 bits per heavy atom. The molecule has 0 aliphatic heterocycles. The molecule has 2 amide bonds. The smallest absolute Gasteiger partial charge is 0.343 e. The third-order valence-corrected chi connectivity index (χ3v) is 4.40. The van der Waals surface area contributed by atoms with Crippen LogP contribution >= 0.6 is 0 Å². The second-order valence-electron chi connectivity index (χ2n) is 6.55. The predicted octanol–water partition coefficient (Wildman–Crippen LogP) is 4.96. The Kier molecular flexibility index (Phi) is 6.94. The molecule has 3 rings (SSSR count). The summed E-state index contributed by atoms with van der Waals surface area (Å²) >= 11 is 0. The van der Waals surface area contributed by atoms with Gasteiger partial charge in [0.05, 0.1) is 0 Å². The fourth-order valence-electron chi connectivity index (χ4n) is 2.72. The SMILES string of the molecule is Cc1cccc(NC(=O)N(C)N=N)c1COc1cccc(COc2ccccn2)c1. The highest BCUT2D eigenvalue weighted by molar-refractivity contribution is 5.89. The zero-order chi connectivity index (χ0) is 21.3. The molecule has 0 fully saturated rings. The van der Waals surface area contributed by atoms with Gasteiger partial charge >= 0.3 is 6.03 Å². The van der Waals surface area contributed by atoms with Crippen molar-refractivity contribution >= 4 is 11.7 Å². The molecule has 1 aromatic heterocycles. The Balaban J connectivity index is 1.67. The largest absolute Gasteiger partial charge is 0.489 e. The number of amides is 2. The Hall–Kier alpha value is -3.94. The summed E-state index contributed by atoms with van der Waals surface area (Å²) in [5.74, 6) is 1.25. The van der Waals surface area contributed by atoms with E-state index in [1.165, 1.54) is 7.05 Å². The summed E-state index contributed by atoms with van der Waals surface area (Å²) in [6.07, 6.45) is 1.68. The minimum atomic E-state index is -0.495. The molecule has 8 heteroatoms. The Morgan fingerprint density at radius 1 is 1.10 bits per heavy atom. The van der Waals surface area contributed by atoms with Crippen LogP contribution in [0.4, 0.5) is 10.5 Å². The summed E-state index contributed by atoms with van der Waals surface area (Å²) in [5.41, 5.74) is 10.4. The molecule has 1 heterocycles. The summed E-state index contributed by atoms with van der Waals surface area (Å²) in [4.78, 5) is 16.2. The first kappa shape index (κ1) is 20.8. The molecule has 0 bridgehead atoms. The molecular formula is C22H23N5O3. The van der Waals surface area contributed by atoms with Crippen LogP contribution in [0.2, 0.25) is 0 Å². The maximum absolute atomic E-state index is 12.1. The molecule has 0 saturated carbocycles. The van der Waals surface area contributed by atoms with Crippen LogP contribution in [-0.2, 0) is 13.2 Å². The molecule has 0 radical (unpaired) electrons. The van der Waals surface area contributed by atoms with Gasteiger partial charge in [0, 0.05) is 30.6 Å². The minimum Gasteiger partial charge on any atom is -0.489 e. The molecule has 8 nitrogen and oxygen atoms in total. The average Bonchev–Trinajstić information content (AvgIpc) is 2.77. The van der Waals surface area contributed by atoms with Crippen molar-refractivity contribution in [2.45, 2.75) is 20.1 Å². The van der Waals surface area contributed by atoms with E-state index in [1.807, 2.05) is 55.5 Å². The van der Waals surface area contributed by atoms with Crippen LogP contribution in [0.1, 0.15) is 16.7 Å². The van der Waals surface area contributed by atoms with Crippen molar-refractivity contribution in [2.24, 2.45) is 5.22 Å². The Labute approximate surface area is 174 Å². The first-order valence-electron chi connectivity index (χ1n) is 9.33. The van der Waals surface area contributed by atoms with Crippen LogP contribution in [0.15, 0.2) is 72.1 Å². The van der Waals surface area contributed by atoms with Crippen LogP contribution in [0.3, 0.4) is 0 Å². The standard InChI is InChI=1S/C22H23N5O3/c1-16-7-5-10-20(25-22(28)27(2)26-23)19(16)15-29-18-9-6-8-17(13-18)14-30-21-11-3-4-12-24-21/h3-13,23H,14-15H2,1-2H3,(H,25,28). The Bertz CT molecular complexity index is 1010. The van der Waals surface area contributed by atoms with Crippen molar-refractivity contribution in [3.05, 3.63) is 83.6 Å². The minimum absolute atomic E-state index is 0.272. The number of urea groups is 1. The second kappa shape index (κ2) is 10.0. The third kappa shape index (κ3) is 5.54. The lowest BCUT2D eigenvalue weighted by Gasteiger charge is -2.16. The van der Waals surface area contributed by atoms with Gasteiger partial charge in [0.2, 0.25) is 5.88 Å². The van der Waals surface area contributed by atoms with Crippen molar-refractivity contribution in [1.29, 1.82) is 5.53 Å². The van der Waals surface area contributed by atoms with Crippen LogP contribution < -0.4 is 14.8 Å². The summed E-state index contributed by atoms with van der Waals surface area (Å²) in [6.45, 7) is 2.60. The highest BCUT2D eigenvalue weighted by Gasteiger charge is 2.13. The van der Waals surface area contributed by atoms with Gasteiger partial charge in [-0.2, -0.15) is 10.5 Å². The molecule has 0 unspecified atom stereocenters. The number of aromatic nitrogens is 1. The van der Waals surface area contributed by atoms with Gasteiger partial charge in [0.15, 0.2) is 0 Å². The predicted molar refractivity (Wildman–Crippen MR) is 112 cm³/mol. The van der Waals surface area contributed by atoms with Gasteiger partial charge in [-0.3, -0.25) is 0 Å². The number of hydrogen-bond acceptors (Lipinski definition) is 6. The average molecular weight is 405 g/mol. The molecule has 2 N–H and O–H groups in total. The lowest BCUT2D eigenvalue weighted by atomic mass is 10.1. The molecule has 30 heavy (non-hydrogen) atoms. The van der Waals surface area contributed by atoms with Gasteiger partial charge in [-0.1, -0.05) is 35.6 Å². The number of aryl methyl sites for hydroxylation is 1. The van der Waals surface area contributed by atoms with Crippen LogP contribution in [-0.4, -0.2) is 23.1 Å². The zero-order valence-corrected chi connectivity index (χ0v) is 16.8. The molecule has 0 saturated heterocycles. The summed E-state index contributed by atoms with van der Waals surface area (Å²) < 4.78 is 11.7. The van der Waals surface area contributed by atoms with Crippen LogP contribution in [0.5, 0.6) is 11.6 Å². The monoisotopic (exact) mass is 405 g/mol. The normalized spacial score (nSPS) is 10.2. The number of pyridine rings is 1. The van der Waals surface area contributed by atoms with Crippen molar-refractivity contribution in [1.82, 2.24) is 9.99 Å². The quantitative estimate of drug-likeness (QED) is 0.409. The summed E-state index contributed by atoms with van der Waals surface area (Å²) in [6, 6.07) is 18.2. The molecule has 154 valence electrons. The first-order chi connectivity index (χ1) is 14.6. The highest BCUT2D eigenvalue weighted by atomic mass is 16.5. The number of anilines is 1. The van der Waals surface area contributed by atoms with Gasteiger partial charge in [-0.25, -0.2) is 9.78 Å². The number of nitrogens with zero attached hydrogens (tertiary/aromatic N) is 3. The lowest BCUT2D eigenvalue weighted by molar-refractivity contribution is 0.220. The van der Waals surface area contributed by atoms with E-state index >= 15 is 0 Å². The number of benzene rings is 2. The van der Waals surface area contributed by atoms with Gasteiger partial charge in [0.25, 0.3) is 0 Å².